The largest absolute Gasteiger partial charge is 0.502 e. The van der Waals surface area contributed by atoms with E-state index in [9.17, 15) is 24.6 Å². The first kappa shape index (κ1) is 27.3. The van der Waals surface area contributed by atoms with Crippen LogP contribution in [-0.4, -0.2) is 60.1 Å². The molecule has 3 atom stereocenters. The Morgan fingerprint density at radius 1 is 1.02 bits per heavy atom. The molecule has 1 saturated heterocycles. The normalized spacial score (nSPS) is 19.0. The van der Waals surface area contributed by atoms with Crippen LogP contribution in [0.4, 0.5) is 0 Å². The van der Waals surface area contributed by atoms with E-state index >= 15 is 0 Å². The predicted molar refractivity (Wildman–Crippen MR) is 143 cm³/mol. The number of piperidine rings is 1. The molecule has 0 unspecified atom stereocenters. The van der Waals surface area contributed by atoms with Crippen molar-refractivity contribution in [3.05, 3.63) is 79.8 Å². The Bertz CT molecular complexity index is 1520. The first-order chi connectivity index (χ1) is 19.2. The summed E-state index contributed by atoms with van der Waals surface area (Å²) < 4.78 is 23.4. The van der Waals surface area contributed by atoms with Crippen LogP contribution in [0.5, 0.6) is 23.0 Å². The molecule has 2 aliphatic rings. The molecular formula is C29H32N2O9. The Morgan fingerprint density at radius 3 is 2.42 bits per heavy atom. The number of pyridine rings is 1. The van der Waals surface area contributed by atoms with Crippen molar-refractivity contribution in [2.45, 2.75) is 37.8 Å². The molecule has 4 heterocycles. The number of fused-ring (bicyclic) bond motifs is 4. The van der Waals surface area contributed by atoms with E-state index in [0.717, 1.165) is 18.7 Å². The molecular weight excluding hydrogens is 520 g/mol. The molecule has 2 aromatic heterocycles. The average Bonchev–Trinajstić information content (AvgIpc) is 2.94. The highest BCUT2D eigenvalue weighted by Crippen LogP contribution is 2.43. The second kappa shape index (κ2) is 11.1. The SMILES string of the molecule is COC(=O)C[C@H](c1cc(OC)c(O)c(OC)c1)c1oc(CN2C[C@@H]3C[C@H](C2)c2cccc(=O)n2C3)cc(=O)c1O. The molecule has 11 nitrogen and oxygen atoms in total. The third kappa shape index (κ3) is 5.16. The maximum atomic E-state index is 12.9. The summed E-state index contributed by atoms with van der Waals surface area (Å²) in [6.07, 6.45) is 0.726. The van der Waals surface area contributed by atoms with Gasteiger partial charge in [-0.05, 0) is 36.1 Å². The van der Waals surface area contributed by atoms with E-state index in [0.29, 0.717) is 31.0 Å². The molecule has 1 aromatic carbocycles. The number of rotatable bonds is 8. The van der Waals surface area contributed by atoms with Crippen molar-refractivity contribution in [2.24, 2.45) is 5.92 Å². The topological polar surface area (TPSA) is 141 Å². The smallest absolute Gasteiger partial charge is 0.306 e. The van der Waals surface area contributed by atoms with Crippen molar-refractivity contribution >= 4 is 5.97 Å². The Kier molecular flexibility index (Phi) is 7.57. The number of phenols is 1. The fourth-order valence-corrected chi connectivity index (χ4v) is 5.94. The number of benzene rings is 1. The van der Waals surface area contributed by atoms with Gasteiger partial charge in [-0.1, -0.05) is 6.07 Å². The molecule has 0 aliphatic carbocycles. The van der Waals surface area contributed by atoms with Crippen molar-refractivity contribution in [3.63, 3.8) is 0 Å². The molecule has 5 rings (SSSR count). The van der Waals surface area contributed by atoms with Gasteiger partial charge < -0.3 is 33.4 Å². The van der Waals surface area contributed by atoms with Gasteiger partial charge in [0, 0.05) is 43.4 Å². The van der Waals surface area contributed by atoms with E-state index in [1.165, 1.54) is 39.5 Å². The zero-order chi connectivity index (χ0) is 28.6. The van der Waals surface area contributed by atoms with Gasteiger partial charge in [0.05, 0.1) is 40.2 Å². The maximum absolute atomic E-state index is 12.9. The molecule has 0 amide bonds. The molecule has 0 spiro atoms. The number of esters is 1. The summed E-state index contributed by atoms with van der Waals surface area (Å²) in [6.45, 7) is 2.34. The number of phenolic OH excluding ortho intramolecular Hbond substituents is 1. The lowest BCUT2D eigenvalue weighted by atomic mass is 9.83. The molecule has 3 aromatic rings. The summed E-state index contributed by atoms with van der Waals surface area (Å²) in [5.41, 5.74) is 0.781. The fraction of sp³-hybridized carbons (Fsp3) is 0.414. The lowest BCUT2D eigenvalue weighted by molar-refractivity contribution is -0.140. The summed E-state index contributed by atoms with van der Waals surface area (Å²) in [6, 6.07) is 9.59. The van der Waals surface area contributed by atoms with Crippen LogP contribution in [0.1, 0.15) is 47.5 Å². The van der Waals surface area contributed by atoms with E-state index in [1.807, 2.05) is 10.6 Å². The average molecular weight is 553 g/mol. The molecule has 40 heavy (non-hydrogen) atoms. The van der Waals surface area contributed by atoms with Gasteiger partial charge in [-0.15, -0.1) is 0 Å². The monoisotopic (exact) mass is 552 g/mol. The van der Waals surface area contributed by atoms with Crippen LogP contribution in [0.2, 0.25) is 0 Å². The second-order valence-electron chi connectivity index (χ2n) is 10.3. The highest BCUT2D eigenvalue weighted by atomic mass is 16.5. The Balaban J connectivity index is 1.50. The number of aromatic nitrogens is 1. The lowest BCUT2D eigenvalue weighted by Gasteiger charge is -2.42. The van der Waals surface area contributed by atoms with Crippen LogP contribution in [0.15, 0.2) is 50.4 Å². The minimum atomic E-state index is -0.942. The number of carbonyl (C=O) groups is 1. The Labute approximate surface area is 230 Å². The third-order valence-electron chi connectivity index (χ3n) is 7.75. The van der Waals surface area contributed by atoms with E-state index in [1.54, 1.807) is 12.1 Å². The van der Waals surface area contributed by atoms with Crippen LogP contribution in [0, 0.1) is 5.92 Å². The van der Waals surface area contributed by atoms with Crippen molar-refractivity contribution in [2.75, 3.05) is 34.4 Å². The number of hydrogen-bond acceptors (Lipinski definition) is 10. The number of nitrogens with zero attached hydrogens (tertiary/aromatic N) is 2. The standard InChI is InChI=1S/C29H32N2O9/c1-37-23-8-17(9-24(38-2)28(23)36)20(11-26(34)39-3)29-27(35)22(32)10-19(40-29)15-30-12-16-7-18(14-30)21-5-4-6-25(33)31(21)13-16/h4-6,8-10,16,18,20,35-36H,7,11-15H2,1-3H3/t16-,18+,20+/m0/s1. The number of ether oxygens (including phenoxy) is 3. The first-order valence-electron chi connectivity index (χ1n) is 13.0. The van der Waals surface area contributed by atoms with E-state index in [2.05, 4.69) is 4.90 Å². The second-order valence-corrected chi connectivity index (χ2v) is 10.3. The van der Waals surface area contributed by atoms with Gasteiger partial charge in [0.2, 0.25) is 16.9 Å². The van der Waals surface area contributed by atoms with Gasteiger partial charge >= 0.3 is 5.97 Å². The quantitative estimate of drug-likeness (QED) is 0.401. The van der Waals surface area contributed by atoms with Gasteiger partial charge in [-0.2, -0.15) is 0 Å². The fourth-order valence-electron chi connectivity index (χ4n) is 5.94. The van der Waals surface area contributed by atoms with Gasteiger partial charge in [-0.3, -0.25) is 19.3 Å². The Morgan fingerprint density at radius 2 is 1.75 bits per heavy atom. The van der Waals surface area contributed by atoms with Crippen molar-refractivity contribution in [1.82, 2.24) is 9.47 Å². The molecule has 1 fully saturated rings. The van der Waals surface area contributed by atoms with Crippen molar-refractivity contribution in [3.8, 4) is 23.0 Å². The molecule has 2 bridgehead atoms. The van der Waals surface area contributed by atoms with Gasteiger partial charge in [0.25, 0.3) is 5.56 Å². The molecule has 212 valence electrons. The van der Waals surface area contributed by atoms with Crippen LogP contribution in [0.25, 0.3) is 0 Å². The first-order valence-corrected chi connectivity index (χ1v) is 13.0. The molecule has 0 radical (unpaired) electrons. The Hall–Kier alpha value is -4.25. The van der Waals surface area contributed by atoms with Gasteiger partial charge in [0.15, 0.2) is 17.3 Å². The van der Waals surface area contributed by atoms with Crippen molar-refractivity contribution < 1.29 is 33.6 Å². The van der Waals surface area contributed by atoms with Crippen LogP contribution in [-0.2, 0) is 22.6 Å². The van der Waals surface area contributed by atoms with Gasteiger partial charge in [0.1, 0.15) is 5.76 Å². The van der Waals surface area contributed by atoms with Crippen LogP contribution < -0.4 is 20.5 Å². The summed E-state index contributed by atoms with van der Waals surface area (Å²) in [5, 5.41) is 21.2. The van der Waals surface area contributed by atoms with Crippen molar-refractivity contribution in [1.29, 1.82) is 0 Å². The highest BCUT2D eigenvalue weighted by Gasteiger charge is 2.35. The number of likely N-dealkylation sites (tertiary alicyclic amines) is 1. The molecule has 0 saturated carbocycles. The summed E-state index contributed by atoms with van der Waals surface area (Å²) in [4.78, 5) is 39.9. The minimum absolute atomic E-state index is 0.00830. The summed E-state index contributed by atoms with van der Waals surface area (Å²) >= 11 is 0. The number of hydrogen-bond donors (Lipinski definition) is 2. The van der Waals surface area contributed by atoms with E-state index < -0.39 is 23.1 Å². The van der Waals surface area contributed by atoms with E-state index in [4.69, 9.17) is 18.6 Å². The lowest BCUT2D eigenvalue weighted by Crippen LogP contribution is -2.46. The third-order valence-corrected chi connectivity index (χ3v) is 7.75. The number of methoxy groups -OCH3 is 3. The predicted octanol–water partition coefficient (Wildman–Crippen LogP) is 2.54. The molecule has 2 N–H and O–H groups in total. The number of carbonyl (C=O) groups excluding carboxylic acids is 1. The summed E-state index contributed by atoms with van der Waals surface area (Å²) in [7, 11) is 3.98. The minimum Gasteiger partial charge on any atom is -0.502 e. The summed E-state index contributed by atoms with van der Waals surface area (Å²) in [5.74, 6) is -1.54. The zero-order valence-corrected chi connectivity index (χ0v) is 22.6. The highest BCUT2D eigenvalue weighted by molar-refractivity contribution is 5.71. The number of aromatic hydroxyl groups is 2. The van der Waals surface area contributed by atoms with Crippen LogP contribution >= 0.6 is 0 Å². The van der Waals surface area contributed by atoms with Crippen LogP contribution in [0.3, 0.4) is 0 Å². The maximum Gasteiger partial charge on any atom is 0.306 e. The zero-order valence-electron chi connectivity index (χ0n) is 22.6. The van der Waals surface area contributed by atoms with Gasteiger partial charge in [-0.25, -0.2) is 0 Å². The molecule has 2 aliphatic heterocycles. The van der Waals surface area contributed by atoms with E-state index in [-0.39, 0.29) is 46.8 Å². The molecule has 11 heteroatoms.